The van der Waals surface area contributed by atoms with Gasteiger partial charge in [-0.25, -0.2) is 0 Å². The summed E-state index contributed by atoms with van der Waals surface area (Å²) in [4.78, 5) is 2.69. The highest BCUT2D eigenvalue weighted by atomic mass is 15.1. The van der Waals surface area contributed by atoms with E-state index in [1.807, 2.05) is 0 Å². The van der Waals surface area contributed by atoms with Crippen molar-refractivity contribution in [3.8, 4) is 0 Å². The first kappa shape index (κ1) is 28.0. The van der Waals surface area contributed by atoms with E-state index in [0.717, 1.165) is 0 Å². The van der Waals surface area contributed by atoms with Gasteiger partial charge in [0.2, 0.25) is 0 Å². The molecule has 28 heavy (non-hydrogen) atoms. The van der Waals surface area contributed by atoms with Gasteiger partial charge in [0, 0.05) is 0 Å². The zero-order valence-corrected chi connectivity index (χ0v) is 20.4. The Kier molecular flexibility index (Phi) is 25.0. The normalized spacial score (nSPS) is 11.6. The molecule has 0 aromatic carbocycles. The Bertz CT molecular complexity index is 263. The predicted molar refractivity (Wildman–Crippen MR) is 130 cm³/mol. The van der Waals surface area contributed by atoms with Gasteiger partial charge in [-0.2, -0.15) is 0 Å². The molecule has 1 heteroatoms. The van der Waals surface area contributed by atoms with Crippen LogP contribution in [0.5, 0.6) is 0 Å². The predicted octanol–water partition coefficient (Wildman–Crippen LogP) is 9.54. The van der Waals surface area contributed by atoms with Crippen LogP contribution in [0.4, 0.5) is 0 Å². The molecule has 1 nitrogen and oxygen atoms in total. The van der Waals surface area contributed by atoms with Crippen molar-refractivity contribution >= 4 is 0 Å². The van der Waals surface area contributed by atoms with Crippen LogP contribution in [0, 0.1) is 0 Å². The quantitative estimate of drug-likeness (QED) is 0.147. The largest absolute Gasteiger partial charge is 0.304 e. The van der Waals surface area contributed by atoms with Crippen molar-refractivity contribution < 1.29 is 0 Å². The minimum Gasteiger partial charge on any atom is -0.304 e. The molecule has 0 saturated heterocycles. The lowest BCUT2D eigenvalue weighted by Crippen LogP contribution is -2.25. The Hall–Kier alpha value is -0.0400. The molecule has 0 saturated carbocycles. The minimum atomic E-state index is 1.25. The molecule has 0 aliphatic carbocycles. The van der Waals surface area contributed by atoms with Crippen LogP contribution in [0.2, 0.25) is 0 Å². The van der Waals surface area contributed by atoms with E-state index in [1.54, 1.807) is 0 Å². The summed E-state index contributed by atoms with van der Waals surface area (Å²) in [6.45, 7) is 10.9. The van der Waals surface area contributed by atoms with Crippen molar-refractivity contribution in [2.45, 2.75) is 156 Å². The van der Waals surface area contributed by atoms with E-state index >= 15 is 0 Å². The standard InChI is InChI=1S/C27H57N/c1-4-7-9-11-13-15-17-19-21-23-25-27-28(6-3)26-24-22-20-18-16-14-12-10-8-5-2/h4-27H2,1-3H3. The van der Waals surface area contributed by atoms with Crippen LogP contribution >= 0.6 is 0 Å². The van der Waals surface area contributed by atoms with E-state index in [4.69, 9.17) is 0 Å². The topological polar surface area (TPSA) is 3.24 Å². The minimum absolute atomic E-state index is 1.25. The van der Waals surface area contributed by atoms with E-state index in [1.165, 1.54) is 154 Å². The van der Waals surface area contributed by atoms with Crippen LogP contribution in [-0.4, -0.2) is 24.5 Å². The van der Waals surface area contributed by atoms with E-state index in [0.29, 0.717) is 0 Å². The lowest BCUT2D eigenvalue weighted by molar-refractivity contribution is 0.273. The molecule has 0 heterocycles. The molecule has 0 bridgehead atoms. The first-order valence-corrected chi connectivity index (χ1v) is 13.6. The Morgan fingerprint density at radius 2 is 0.571 bits per heavy atom. The van der Waals surface area contributed by atoms with Crippen LogP contribution in [0.1, 0.15) is 156 Å². The molecule has 0 spiro atoms. The van der Waals surface area contributed by atoms with E-state index in [-0.39, 0.29) is 0 Å². The van der Waals surface area contributed by atoms with Crippen LogP contribution in [0.15, 0.2) is 0 Å². The van der Waals surface area contributed by atoms with E-state index in [9.17, 15) is 0 Å². The van der Waals surface area contributed by atoms with Crippen LogP contribution in [0.25, 0.3) is 0 Å². The fourth-order valence-corrected chi connectivity index (χ4v) is 4.25. The number of nitrogens with zero attached hydrogens (tertiary/aromatic N) is 1. The van der Waals surface area contributed by atoms with Crippen LogP contribution < -0.4 is 0 Å². The van der Waals surface area contributed by atoms with Gasteiger partial charge >= 0.3 is 0 Å². The van der Waals surface area contributed by atoms with Crippen molar-refractivity contribution in [3.05, 3.63) is 0 Å². The van der Waals surface area contributed by atoms with Gasteiger partial charge in [0.1, 0.15) is 0 Å². The summed E-state index contributed by atoms with van der Waals surface area (Å²) in [5.41, 5.74) is 0. The highest BCUT2D eigenvalue weighted by molar-refractivity contribution is 4.57. The number of hydrogen-bond donors (Lipinski definition) is 0. The summed E-state index contributed by atoms with van der Waals surface area (Å²) in [6, 6.07) is 0. The maximum absolute atomic E-state index is 2.69. The summed E-state index contributed by atoms with van der Waals surface area (Å²) in [5.74, 6) is 0. The van der Waals surface area contributed by atoms with Crippen molar-refractivity contribution in [1.82, 2.24) is 4.90 Å². The maximum atomic E-state index is 2.69. The van der Waals surface area contributed by atoms with Crippen LogP contribution in [0.3, 0.4) is 0 Å². The lowest BCUT2D eigenvalue weighted by Gasteiger charge is -2.20. The third kappa shape index (κ3) is 22.3. The molecule has 0 aliphatic rings. The van der Waals surface area contributed by atoms with Gasteiger partial charge < -0.3 is 4.90 Å². The summed E-state index contributed by atoms with van der Waals surface area (Å²) >= 11 is 0. The summed E-state index contributed by atoms with van der Waals surface area (Å²) in [6.07, 6.45) is 30.4. The third-order valence-corrected chi connectivity index (χ3v) is 6.35. The Morgan fingerprint density at radius 1 is 0.321 bits per heavy atom. The molecule has 170 valence electrons. The molecule has 0 aliphatic heterocycles. The summed E-state index contributed by atoms with van der Waals surface area (Å²) < 4.78 is 0. The smallest absolute Gasteiger partial charge is 0.00189 e. The summed E-state index contributed by atoms with van der Waals surface area (Å²) in [5, 5.41) is 0. The lowest BCUT2D eigenvalue weighted by atomic mass is 10.1. The highest BCUT2D eigenvalue weighted by Crippen LogP contribution is 2.13. The van der Waals surface area contributed by atoms with Gasteiger partial charge in [-0.15, -0.1) is 0 Å². The van der Waals surface area contributed by atoms with Gasteiger partial charge in [-0.1, -0.05) is 143 Å². The van der Waals surface area contributed by atoms with Crippen molar-refractivity contribution in [2.75, 3.05) is 19.6 Å². The molecular formula is C27H57N. The van der Waals surface area contributed by atoms with Gasteiger partial charge in [0.15, 0.2) is 0 Å². The number of rotatable bonds is 24. The molecule has 0 amide bonds. The average molecular weight is 396 g/mol. The molecule has 0 N–H and O–H groups in total. The van der Waals surface area contributed by atoms with Crippen LogP contribution in [-0.2, 0) is 0 Å². The Balaban J connectivity index is 3.27. The zero-order valence-electron chi connectivity index (χ0n) is 20.4. The first-order chi connectivity index (χ1) is 13.8. The molecule has 0 radical (unpaired) electrons. The van der Waals surface area contributed by atoms with Gasteiger partial charge in [-0.05, 0) is 32.5 Å². The SMILES string of the molecule is CCCCCCCCCCCCCN(CC)CCCCCCCCCCCC. The van der Waals surface area contributed by atoms with E-state index < -0.39 is 0 Å². The molecule has 0 rings (SSSR count). The number of hydrogen-bond acceptors (Lipinski definition) is 1. The zero-order chi connectivity index (χ0) is 20.5. The molecule has 0 aromatic heterocycles. The molecule has 0 fully saturated rings. The van der Waals surface area contributed by atoms with Crippen molar-refractivity contribution in [3.63, 3.8) is 0 Å². The monoisotopic (exact) mass is 395 g/mol. The second-order valence-electron chi connectivity index (χ2n) is 9.15. The van der Waals surface area contributed by atoms with Gasteiger partial charge in [0.05, 0.1) is 0 Å². The second-order valence-corrected chi connectivity index (χ2v) is 9.15. The number of unbranched alkanes of at least 4 members (excludes halogenated alkanes) is 19. The van der Waals surface area contributed by atoms with Crippen molar-refractivity contribution in [1.29, 1.82) is 0 Å². The Labute approximate surface area is 180 Å². The molecular weight excluding hydrogens is 338 g/mol. The Morgan fingerprint density at radius 3 is 0.821 bits per heavy atom. The second kappa shape index (κ2) is 25.0. The van der Waals surface area contributed by atoms with Crippen molar-refractivity contribution in [2.24, 2.45) is 0 Å². The molecule has 0 aromatic rings. The first-order valence-electron chi connectivity index (χ1n) is 13.6. The molecule has 0 atom stereocenters. The maximum Gasteiger partial charge on any atom is -0.00189 e. The van der Waals surface area contributed by atoms with Gasteiger partial charge in [-0.3, -0.25) is 0 Å². The van der Waals surface area contributed by atoms with Gasteiger partial charge in [0.25, 0.3) is 0 Å². The fraction of sp³-hybridized carbons (Fsp3) is 1.00. The highest BCUT2D eigenvalue weighted by Gasteiger charge is 2.02. The summed E-state index contributed by atoms with van der Waals surface area (Å²) in [7, 11) is 0. The average Bonchev–Trinajstić information content (AvgIpc) is 2.71. The molecule has 0 unspecified atom stereocenters. The fourth-order valence-electron chi connectivity index (χ4n) is 4.25. The van der Waals surface area contributed by atoms with E-state index in [2.05, 4.69) is 25.7 Å². The third-order valence-electron chi connectivity index (χ3n) is 6.35.